The van der Waals surface area contributed by atoms with Crippen molar-refractivity contribution in [1.29, 1.82) is 0 Å². The highest BCUT2D eigenvalue weighted by Gasteiger charge is 2.05. The third-order valence-corrected chi connectivity index (χ3v) is 1.50. The normalized spacial score (nSPS) is 12.9. The summed E-state index contributed by atoms with van der Waals surface area (Å²) in [5.74, 6) is 0.243. The largest absolute Gasteiger partial charge is 0.508 e. The summed E-state index contributed by atoms with van der Waals surface area (Å²) in [5.41, 5.74) is 6.07. The van der Waals surface area contributed by atoms with Crippen LogP contribution in [0.15, 0.2) is 18.2 Å². The first-order valence-electron chi connectivity index (χ1n) is 3.38. The molecule has 0 unspecified atom stereocenters. The van der Waals surface area contributed by atoms with Gasteiger partial charge in [-0.05, 0) is 25.1 Å². The fourth-order valence-corrected chi connectivity index (χ4v) is 0.907. The van der Waals surface area contributed by atoms with Gasteiger partial charge in [0.15, 0.2) is 0 Å². The topological polar surface area (TPSA) is 66.5 Å². The number of rotatable bonds is 1. The van der Waals surface area contributed by atoms with Crippen molar-refractivity contribution in [3.63, 3.8) is 0 Å². The van der Waals surface area contributed by atoms with Crippen LogP contribution >= 0.6 is 0 Å². The molecule has 60 valence electrons. The zero-order valence-electron chi connectivity index (χ0n) is 6.28. The Morgan fingerprint density at radius 3 is 2.45 bits per heavy atom. The van der Waals surface area contributed by atoms with Crippen molar-refractivity contribution < 1.29 is 10.2 Å². The Hall–Kier alpha value is -1.22. The van der Waals surface area contributed by atoms with Crippen molar-refractivity contribution in [2.45, 2.75) is 13.0 Å². The molecule has 0 aromatic heterocycles. The van der Waals surface area contributed by atoms with E-state index in [0.717, 1.165) is 0 Å². The summed E-state index contributed by atoms with van der Waals surface area (Å²) in [6, 6.07) is 4.04. The number of hydrogen-bond acceptors (Lipinski definition) is 3. The molecular formula is C8H11NO2. The smallest absolute Gasteiger partial charge is 0.120 e. The average molecular weight is 153 g/mol. The van der Waals surface area contributed by atoms with Gasteiger partial charge in [-0.1, -0.05) is 0 Å². The Morgan fingerprint density at radius 2 is 2.00 bits per heavy atom. The van der Waals surface area contributed by atoms with E-state index < -0.39 is 0 Å². The number of hydrogen-bond donors (Lipinski definition) is 3. The van der Waals surface area contributed by atoms with Gasteiger partial charge in [-0.2, -0.15) is 0 Å². The summed E-state index contributed by atoms with van der Waals surface area (Å²) in [5, 5.41) is 18.2. The summed E-state index contributed by atoms with van der Waals surface area (Å²) in [6.45, 7) is 1.74. The monoisotopic (exact) mass is 153 g/mol. The van der Waals surface area contributed by atoms with Gasteiger partial charge in [0.25, 0.3) is 0 Å². The summed E-state index contributed by atoms with van der Waals surface area (Å²) in [4.78, 5) is 0. The van der Waals surface area contributed by atoms with Gasteiger partial charge in [0.2, 0.25) is 0 Å². The molecule has 0 aliphatic carbocycles. The van der Waals surface area contributed by atoms with Crippen LogP contribution in [0.3, 0.4) is 0 Å². The van der Waals surface area contributed by atoms with Crippen molar-refractivity contribution in [1.82, 2.24) is 0 Å². The first-order valence-corrected chi connectivity index (χ1v) is 3.38. The Bertz CT molecular complexity index is 258. The molecule has 0 saturated carbocycles. The predicted molar refractivity (Wildman–Crippen MR) is 42.4 cm³/mol. The van der Waals surface area contributed by atoms with Crippen LogP contribution in [0, 0.1) is 0 Å². The van der Waals surface area contributed by atoms with E-state index in [-0.39, 0.29) is 17.5 Å². The molecule has 3 nitrogen and oxygen atoms in total. The maximum absolute atomic E-state index is 9.21. The molecule has 3 heteroatoms. The Labute approximate surface area is 65.1 Å². The number of aromatic hydroxyl groups is 2. The van der Waals surface area contributed by atoms with Gasteiger partial charge >= 0.3 is 0 Å². The van der Waals surface area contributed by atoms with Crippen molar-refractivity contribution in [2.24, 2.45) is 5.73 Å². The van der Waals surface area contributed by atoms with Crippen LogP contribution in [0.1, 0.15) is 18.5 Å². The maximum Gasteiger partial charge on any atom is 0.120 e. The van der Waals surface area contributed by atoms with Crippen LogP contribution in [0.2, 0.25) is 0 Å². The SMILES string of the molecule is C[C@@H](N)c1cc(O)ccc1O. The molecule has 1 aromatic carbocycles. The molecule has 1 rings (SSSR count). The van der Waals surface area contributed by atoms with Crippen LogP contribution in [-0.4, -0.2) is 10.2 Å². The molecule has 0 saturated heterocycles. The van der Waals surface area contributed by atoms with Crippen molar-refractivity contribution in [3.05, 3.63) is 23.8 Å². The van der Waals surface area contributed by atoms with Crippen LogP contribution in [0.4, 0.5) is 0 Å². The Kier molecular flexibility index (Phi) is 2.01. The van der Waals surface area contributed by atoms with E-state index in [0.29, 0.717) is 5.56 Å². The van der Waals surface area contributed by atoms with Crippen LogP contribution in [-0.2, 0) is 0 Å². The minimum absolute atomic E-state index is 0.120. The van der Waals surface area contributed by atoms with Gasteiger partial charge in [0, 0.05) is 11.6 Å². The highest BCUT2D eigenvalue weighted by molar-refractivity contribution is 5.40. The third kappa shape index (κ3) is 1.62. The van der Waals surface area contributed by atoms with Crippen molar-refractivity contribution >= 4 is 0 Å². The summed E-state index contributed by atoms with van der Waals surface area (Å²) in [7, 11) is 0. The molecule has 1 aromatic rings. The van der Waals surface area contributed by atoms with Gasteiger partial charge in [-0.25, -0.2) is 0 Å². The van der Waals surface area contributed by atoms with Crippen LogP contribution in [0.25, 0.3) is 0 Å². The van der Waals surface area contributed by atoms with Crippen LogP contribution < -0.4 is 5.73 Å². The van der Waals surface area contributed by atoms with Gasteiger partial charge in [0.1, 0.15) is 11.5 Å². The second kappa shape index (κ2) is 2.80. The van der Waals surface area contributed by atoms with Crippen molar-refractivity contribution in [3.8, 4) is 11.5 Å². The van der Waals surface area contributed by atoms with Crippen LogP contribution in [0.5, 0.6) is 11.5 Å². The van der Waals surface area contributed by atoms with E-state index in [1.807, 2.05) is 0 Å². The maximum atomic E-state index is 9.21. The average Bonchev–Trinajstić information content (AvgIpc) is 1.94. The van der Waals surface area contributed by atoms with E-state index in [9.17, 15) is 5.11 Å². The second-order valence-electron chi connectivity index (χ2n) is 2.53. The second-order valence-corrected chi connectivity index (χ2v) is 2.53. The number of nitrogens with two attached hydrogens (primary N) is 1. The lowest BCUT2D eigenvalue weighted by Gasteiger charge is -2.07. The molecule has 0 heterocycles. The summed E-state index contributed by atoms with van der Waals surface area (Å²) in [6.07, 6.45) is 0. The zero-order valence-corrected chi connectivity index (χ0v) is 6.28. The molecule has 0 bridgehead atoms. The zero-order chi connectivity index (χ0) is 8.43. The molecule has 1 atom stereocenters. The molecule has 4 N–H and O–H groups in total. The summed E-state index contributed by atoms with van der Waals surface area (Å²) >= 11 is 0. The highest BCUT2D eigenvalue weighted by atomic mass is 16.3. The first kappa shape index (κ1) is 7.88. The van der Waals surface area contributed by atoms with Gasteiger partial charge < -0.3 is 15.9 Å². The lowest BCUT2D eigenvalue weighted by molar-refractivity contribution is 0.450. The minimum Gasteiger partial charge on any atom is -0.508 e. The fraction of sp³-hybridized carbons (Fsp3) is 0.250. The van der Waals surface area contributed by atoms with E-state index >= 15 is 0 Å². The molecule has 11 heavy (non-hydrogen) atoms. The van der Waals surface area contributed by atoms with Crippen molar-refractivity contribution in [2.75, 3.05) is 0 Å². The number of phenolic OH excluding ortho intramolecular Hbond substituents is 2. The number of benzene rings is 1. The molecule has 0 radical (unpaired) electrons. The van der Waals surface area contributed by atoms with E-state index in [2.05, 4.69) is 0 Å². The third-order valence-electron chi connectivity index (χ3n) is 1.50. The Balaban J connectivity index is 3.13. The Morgan fingerprint density at radius 1 is 1.36 bits per heavy atom. The number of phenols is 2. The molecule has 0 fully saturated rings. The standard InChI is InChI=1S/C8H11NO2/c1-5(9)7-4-6(10)2-3-8(7)11/h2-5,10-11H,9H2,1H3/t5-/m1/s1. The van der Waals surface area contributed by atoms with E-state index in [1.165, 1.54) is 18.2 Å². The van der Waals surface area contributed by atoms with Gasteiger partial charge in [0.05, 0.1) is 0 Å². The molecular weight excluding hydrogens is 142 g/mol. The highest BCUT2D eigenvalue weighted by Crippen LogP contribution is 2.25. The minimum atomic E-state index is -0.262. The molecule has 0 aliphatic heterocycles. The predicted octanol–water partition coefficient (Wildman–Crippen LogP) is 1.12. The molecule has 0 spiro atoms. The lowest BCUT2D eigenvalue weighted by atomic mass is 10.1. The van der Waals surface area contributed by atoms with Gasteiger partial charge in [-0.15, -0.1) is 0 Å². The molecule has 0 aliphatic rings. The fourth-order valence-electron chi connectivity index (χ4n) is 0.907. The molecule has 0 amide bonds. The quantitative estimate of drug-likeness (QED) is 0.529. The van der Waals surface area contributed by atoms with E-state index in [4.69, 9.17) is 10.8 Å². The summed E-state index contributed by atoms with van der Waals surface area (Å²) < 4.78 is 0. The first-order chi connectivity index (χ1) is 5.11. The van der Waals surface area contributed by atoms with E-state index in [1.54, 1.807) is 6.92 Å². The van der Waals surface area contributed by atoms with Gasteiger partial charge in [-0.3, -0.25) is 0 Å². The lowest BCUT2D eigenvalue weighted by Crippen LogP contribution is -2.04.